The summed E-state index contributed by atoms with van der Waals surface area (Å²) in [6, 6.07) is 13.5. The normalized spacial score (nSPS) is 15.7. The van der Waals surface area contributed by atoms with Crippen molar-refractivity contribution in [2.45, 2.75) is 10.8 Å². The van der Waals surface area contributed by atoms with E-state index >= 15 is 0 Å². The first-order valence-electron chi connectivity index (χ1n) is 8.12. The summed E-state index contributed by atoms with van der Waals surface area (Å²) in [4.78, 5) is 19.4. The molecule has 0 saturated carbocycles. The molecule has 1 N–H and O–H groups in total. The third kappa shape index (κ3) is 2.77. The van der Waals surface area contributed by atoms with Crippen LogP contribution < -0.4 is 0 Å². The molecule has 7 nitrogen and oxygen atoms in total. The van der Waals surface area contributed by atoms with Crippen LogP contribution in [0.4, 0.5) is 0 Å². The minimum atomic E-state index is -3.58. The van der Waals surface area contributed by atoms with E-state index in [0.717, 1.165) is 16.9 Å². The van der Waals surface area contributed by atoms with Gasteiger partial charge in [-0.2, -0.15) is 4.31 Å². The molecule has 8 heteroatoms. The Morgan fingerprint density at radius 1 is 1.15 bits per heavy atom. The average molecular weight is 371 g/mol. The smallest absolute Gasteiger partial charge is 0.337 e. The minimum Gasteiger partial charge on any atom is -0.465 e. The molecule has 0 bridgehead atoms. The number of methoxy groups -OCH3 is 1. The van der Waals surface area contributed by atoms with Gasteiger partial charge >= 0.3 is 5.97 Å². The lowest BCUT2D eigenvalue weighted by molar-refractivity contribution is 0.0600. The van der Waals surface area contributed by atoms with Crippen LogP contribution in [0, 0.1) is 0 Å². The fourth-order valence-electron chi connectivity index (χ4n) is 3.00. The molecular formula is C18H17N3O4S. The number of fused-ring (bicyclic) bond motifs is 1. The Morgan fingerprint density at radius 2 is 1.85 bits per heavy atom. The van der Waals surface area contributed by atoms with Gasteiger partial charge in [-0.05, 0) is 36.4 Å². The van der Waals surface area contributed by atoms with Gasteiger partial charge in [-0.25, -0.2) is 18.2 Å². The van der Waals surface area contributed by atoms with Gasteiger partial charge in [-0.1, -0.05) is 12.1 Å². The van der Waals surface area contributed by atoms with Crippen molar-refractivity contribution in [2.24, 2.45) is 0 Å². The molecule has 26 heavy (non-hydrogen) atoms. The molecule has 1 aliphatic rings. The van der Waals surface area contributed by atoms with E-state index in [2.05, 4.69) is 14.7 Å². The van der Waals surface area contributed by atoms with Gasteiger partial charge in [-0.15, -0.1) is 0 Å². The first-order valence-corrected chi connectivity index (χ1v) is 9.56. The highest BCUT2D eigenvalue weighted by Gasteiger charge is 2.39. The SMILES string of the molecule is COC(=O)c1ccc(S(=O)(=O)N2CC(c3nc4ccccc4[nH]3)C2)cc1. The number of imidazole rings is 1. The Morgan fingerprint density at radius 3 is 2.50 bits per heavy atom. The summed E-state index contributed by atoms with van der Waals surface area (Å²) in [7, 11) is -2.30. The van der Waals surface area contributed by atoms with Gasteiger partial charge in [0.2, 0.25) is 10.0 Å². The summed E-state index contributed by atoms with van der Waals surface area (Å²) in [5.41, 5.74) is 2.14. The molecule has 0 amide bonds. The van der Waals surface area contributed by atoms with E-state index in [9.17, 15) is 13.2 Å². The molecule has 3 aromatic rings. The summed E-state index contributed by atoms with van der Waals surface area (Å²) < 4.78 is 31.4. The lowest BCUT2D eigenvalue weighted by Crippen LogP contribution is -2.48. The number of hydrogen-bond donors (Lipinski definition) is 1. The van der Waals surface area contributed by atoms with Gasteiger partial charge in [0.15, 0.2) is 0 Å². The van der Waals surface area contributed by atoms with E-state index in [1.165, 1.54) is 35.7 Å². The van der Waals surface area contributed by atoms with Gasteiger partial charge in [-0.3, -0.25) is 0 Å². The van der Waals surface area contributed by atoms with E-state index in [4.69, 9.17) is 0 Å². The maximum atomic E-state index is 12.7. The Hall–Kier alpha value is -2.71. The van der Waals surface area contributed by atoms with Crippen molar-refractivity contribution >= 4 is 27.0 Å². The molecule has 1 aliphatic heterocycles. The molecule has 0 radical (unpaired) electrons. The number of para-hydroxylation sites is 2. The molecular weight excluding hydrogens is 354 g/mol. The quantitative estimate of drug-likeness (QED) is 0.710. The van der Waals surface area contributed by atoms with E-state index in [0.29, 0.717) is 18.7 Å². The van der Waals surface area contributed by atoms with Crippen LogP contribution in [0.5, 0.6) is 0 Å². The number of benzene rings is 2. The number of aromatic nitrogens is 2. The maximum Gasteiger partial charge on any atom is 0.337 e. The molecule has 1 fully saturated rings. The topological polar surface area (TPSA) is 92.4 Å². The number of nitrogens with zero attached hydrogens (tertiary/aromatic N) is 2. The van der Waals surface area contributed by atoms with Crippen LogP contribution in [0.15, 0.2) is 53.4 Å². The standard InChI is InChI=1S/C18H17N3O4S/c1-25-18(22)12-6-8-14(9-7-12)26(23,24)21-10-13(11-21)17-19-15-4-2-3-5-16(15)20-17/h2-9,13H,10-11H2,1H3,(H,19,20). The Bertz CT molecular complexity index is 1030. The fraction of sp³-hybridized carbons (Fsp3) is 0.222. The van der Waals surface area contributed by atoms with Crippen molar-refractivity contribution < 1.29 is 17.9 Å². The van der Waals surface area contributed by atoms with Crippen LogP contribution in [0.25, 0.3) is 11.0 Å². The number of nitrogens with one attached hydrogen (secondary N) is 1. The molecule has 4 rings (SSSR count). The summed E-state index contributed by atoms with van der Waals surface area (Å²) in [6.07, 6.45) is 0. The maximum absolute atomic E-state index is 12.7. The van der Waals surface area contributed by atoms with Crippen LogP contribution >= 0.6 is 0 Å². The number of H-pyrrole nitrogens is 1. The molecule has 2 aromatic carbocycles. The molecule has 1 aromatic heterocycles. The number of aromatic amines is 1. The zero-order chi connectivity index (χ0) is 18.3. The first-order chi connectivity index (χ1) is 12.5. The lowest BCUT2D eigenvalue weighted by Gasteiger charge is -2.36. The molecule has 0 atom stereocenters. The number of hydrogen-bond acceptors (Lipinski definition) is 5. The summed E-state index contributed by atoms with van der Waals surface area (Å²) in [5.74, 6) is 0.355. The number of sulfonamides is 1. The number of esters is 1. The minimum absolute atomic E-state index is 0.0477. The van der Waals surface area contributed by atoms with Gasteiger partial charge < -0.3 is 9.72 Å². The number of rotatable bonds is 4. The van der Waals surface area contributed by atoms with Crippen LogP contribution in [-0.4, -0.2) is 48.9 Å². The second kappa shape index (κ2) is 6.22. The third-order valence-corrected chi connectivity index (χ3v) is 6.40. The molecule has 1 saturated heterocycles. The Kier molecular flexibility index (Phi) is 4.01. The van der Waals surface area contributed by atoms with Crippen molar-refractivity contribution in [2.75, 3.05) is 20.2 Å². The zero-order valence-corrected chi connectivity index (χ0v) is 14.9. The molecule has 2 heterocycles. The van der Waals surface area contributed by atoms with Crippen molar-refractivity contribution in [3.05, 3.63) is 59.9 Å². The number of carbonyl (C=O) groups is 1. The average Bonchev–Trinajstić information content (AvgIpc) is 3.03. The highest BCUT2D eigenvalue weighted by atomic mass is 32.2. The van der Waals surface area contributed by atoms with Crippen LogP contribution in [-0.2, 0) is 14.8 Å². The summed E-state index contributed by atoms with van der Waals surface area (Å²) >= 11 is 0. The molecule has 0 spiro atoms. The van der Waals surface area contributed by atoms with Crippen molar-refractivity contribution in [1.82, 2.24) is 14.3 Å². The van der Waals surface area contributed by atoms with E-state index in [-0.39, 0.29) is 10.8 Å². The molecule has 0 aliphatic carbocycles. The monoisotopic (exact) mass is 371 g/mol. The second-order valence-electron chi connectivity index (χ2n) is 6.17. The van der Waals surface area contributed by atoms with Gasteiger partial charge in [0.05, 0.1) is 28.6 Å². The second-order valence-corrected chi connectivity index (χ2v) is 8.11. The molecule has 0 unspecified atom stereocenters. The van der Waals surface area contributed by atoms with Crippen LogP contribution in [0.1, 0.15) is 22.1 Å². The van der Waals surface area contributed by atoms with Crippen molar-refractivity contribution in [1.29, 1.82) is 0 Å². The first kappa shape index (κ1) is 16.7. The number of ether oxygens (including phenoxy) is 1. The highest BCUT2D eigenvalue weighted by molar-refractivity contribution is 7.89. The summed E-state index contributed by atoms with van der Waals surface area (Å²) in [6.45, 7) is 0.752. The van der Waals surface area contributed by atoms with E-state index in [1.807, 2.05) is 24.3 Å². The Labute approximate surface area is 150 Å². The van der Waals surface area contributed by atoms with Gasteiger partial charge in [0.25, 0.3) is 0 Å². The van der Waals surface area contributed by atoms with E-state index in [1.54, 1.807) is 0 Å². The zero-order valence-electron chi connectivity index (χ0n) is 14.0. The molecule has 134 valence electrons. The lowest BCUT2D eigenvalue weighted by atomic mass is 10.0. The van der Waals surface area contributed by atoms with Crippen molar-refractivity contribution in [3.63, 3.8) is 0 Å². The van der Waals surface area contributed by atoms with Gasteiger partial charge in [0, 0.05) is 19.0 Å². The third-order valence-electron chi connectivity index (χ3n) is 4.56. The van der Waals surface area contributed by atoms with Crippen LogP contribution in [0.2, 0.25) is 0 Å². The van der Waals surface area contributed by atoms with Crippen LogP contribution in [0.3, 0.4) is 0 Å². The largest absolute Gasteiger partial charge is 0.465 e. The Balaban J connectivity index is 1.49. The van der Waals surface area contributed by atoms with Gasteiger partial charge in [0.1, 0.15) is 5.82 Å². The summed E-state index contributed by atoms with van der Waals surface area (Å²) in [5, 5.41) is 0. The predicted octanol–water partition coefficient (Wildman–Crippen LogP) is 2.14. The highest BCUT2D eigenvalue weighted by Crippen LogP contribution is 2.31. The van der Waals surface area contributed by atoms with E-state index < -0.39 is 16.0 Å². The predicted molar refractivity (Wildman–Crippen MR) is 95.4 cm³/mol. The fourth-order valence-corrected chi connectivity index (χ4v) is 4.53. The number of carbonyl (C=O) groups excluding carboxylic acids is 1. The van der Waals surface area contributed by atoms with Crippen molar-refractivity contribution in [3.8, 4) is 0 Å².